The number of methoxy groups -OCH3 is 1. The lowest BCUT2D eigenvalue weighted by Crippen LogP contribution is -2.27. The average Bonchev–Trinajstić information content (AvgIpc) is 3.22. The van der Waals surface area contributed by atoms with E-state index in [0.29, 0.717) is 25.3 Å². The SMILES string of the molecule is CCOc1ccc(-c2nc(CC(=O)NCCc3ccc(OC)c(OC(F)F)c3)cs2)cc1. The Morgan fingerprint density at radius 1 is 1.16 bits per heavy atom. The molecular formula is C23H24F2N2O4S. The Hall–Kier alpha value is -3.20. The molecule has 0 spiro atoms. The maximum Gasteiger partial charge on any atom is 0.387 e. The third kappa shape index (κ3) is 6.65. The largest absolute Gasteiger partial charge is 0.494 e. The van der Waals surface area contributed by atoms with Gasteiger partial charge in [-0.15, -0.1) is 11.3 Å². The van der Waals surface area contributed by atoms with Crippen LogP contribution in [0, 0.1) is 0 Å². The van der Waals surface area contributed by atoms with Gasteiger partial charge >= 0.3 is 6.61 Å². The van der Waals surface area contributed by atoms with Crippen LogP contribution in [0.2, 0.25) is 0 Å². The van der Waals surface area contributed by atoms with Crippen molar-refractivity contribution >= 4 is 17.2 Å². The van der Waals surface area contributed by atoms with Gasteiger partial charge < -0.3 is 19.5 Å². The number of halogens is 2. The van der Waals surface area contributed by atoms with Gasteiger partial charge in [-0.05, 0) is 55.3 Å². The molecule has 2 aromatic carbocycles. The van der Waals surface area contributed by atoms with E-state index in [4.69, 9.17) is 9.47 Å². The fourth-order valence-electron chi connectivity index (χ4n) is 3.02. The van der Waals surface area contributed by atoms with Crippen molar-refractivity contribution in [3.05, 3.63) is 59.1 Å². The van der Waals surface area contributed by atoms with Gasteiger partial charge in [0.25, 0.3) is 0 Å². The van der Waals surface area contributed by atoms with Gasteiger partial charge in [-0.3, -0.25) is 4.79 Å². The van der Waals surface area contributed by atoms with Gasteiger partial charge in [0.05, 0.1) is 25.8 Å². The number of hydrogen-bond donors (Lipinski definition) is 1. The molecule has 0 saturated carbocycles. The van der Waals surface area contributed by atoms with Crippen LogP contribution in [0.25, 0.3) is 10.6 Å². The molecule has 3 aromatic rings. The van der Waals surface area contributed by atoms with Gasteiger partial charge in [-0.1, -0.05) is 6.07 Å². The van der Waals surface area contributed by atoms with Crippen molar-refractivity contribution < 1.29 is 27.8 Å². The van der Waals surface area contributed by atoms with E-state index in [0.717, 1.165) is 21.9 Å². The highest BCUT2D eigenvalue weighted by Crippen LogP contribution is 2.29. The maximum absolute atomic E-state index is 12.5. The summed E-state index contributed by atoms with van der Waals surface area (Å²) in [5.41, 5.74) is 2.40. The van der Waals surface area contributed by atoms with Crippen LogP contribution in [-0.4, -0.2) is 37.8 Å². The number of amides is 1. The van der Waals surface area contributed by atoms with Crippen LogP contribution in [0.1, 0.15) is 18.2 Å². The third-order valence-corrected chi connectivity index (χ3v) is 5.43. The van der Waals surface area contributed by atoms with Gasteiger partial charge in [0.1, 0.15) is 10.8 Å². The molecule has 6 nitrogen and oxygen atoms in total. The van der Waals surface area contributed by atoms with E-state index in [1.165, 1.54) is 24.5 Å². The molecule has 3 rings (SSSR count). The smallest absolute Gasteiger partial charge is 0.387 e. The van der Waals surface area contributed by atoms with E-state index in [-0.39, 0.29) is 23.8 Å². The number of alkyl halides is 2. The van der Waals surface area contributed by atoms with Gasteiger partial charge in [-0.25, -0.2) is 4.98 Å². The summed E-state index contributed by atoms with van der Waals surface area (Å²) < 4.78 is 40.0. The zero-order valence-corrected chi connectivity index (χ0v) is 18.6. The summed E-state index contributed by atoms with van der Waals surface area (Å²) in [4.78, 5) is 16.8. The van der Waals surface area contributed by atoms with Crippen molar-refractivity contribution in [1.82, 2.24) is 10.3 Å². The number of carbonyl (C=O) groups excluding carboxylic acids is 1. The number of rotatable bonds is 11. The molecule has 0 atom stereocenters. The van der Waals surface area contributed by atoms with Crippen molar-refractivity contribution in [2.45, 2.75) is 26.4 Å². The van der Waals surface area contributed by atoms with Crippen LogP contribution in [-0.2, 0) is 17.6 Å². The molecule has 0 radical (unpaired) electrons. The number of aromatic nitrogens is 1. The number of benzene rings is 2. The first-order valence-electron chi connectivity index (χ1n) is 10.0. The summed E-state index contributed by atoms with van der Waals surface area (Å²) in [6.45, 7) is -0.0412. The molecule has 0 unspecified atom stereocenters. The van der Waals surface area contributed by atoms with E-state index in [9.17, 15) is 13.6 Å². The van der Waals surface area contributed by atoms with E-state index < -0.39 is 6.61 Å². The Balaban J connectivity index is 1.50. The van der Waals surface area contributed by atoms with E-state index in [2.05, 4.69) is 15.0 Å². The number of carbonyl (C=O) groups is 1. The summed E-state index contributed by atoms with van der Waals surface area (Å²) in [5.74, 6) is 0.837. The highest BCUT2D eigenvalue weighted by molar-refractivity contribution is 7.13. The quantitative estimate of drug-likeness (QED) is 0.447. The second kappa shape index (κ2) is 11.4. The maximum atomic E-state index is 12.5. The molecule has 0 fully saturated rings. The van der Waals surface area contributed by atoms with Crippen molar-refractivity contribution in [1.29, 1.82) is 0 Å². The van der Waals surface area contributed by atoms with E-state index in [1.807, 2.05) is 36.6 Å². The fraction of sp³-hybridized carbons (Fsp3) is 0.304. The van der Waals surface area contributed by atoms with Crippen molar-refractivity contribution in [2.24, 2.45) is 0 Å². The molecule has 0 saturated heterocycles. The molecular weight excluding hydrogens is 438 g/mol. The first-order valence-corrected chi connectivity index (χ1v) is 10.9. The second-order valence-corrected chi connectivity index (χ2v) is 7.60. The van der Waals surface area contributed by atoms with Crippen molar-refractivity contribution in [2.75, 3.05) is 20.3 Å². The number of nitrogens with one attached hydrogen (secondary N) is 1. The molecule has 0 bridgehead atoms. The highest BCUT2D eigenvalue weighted by Gasteiger charge is 2.12. The Kier molecular flexibility index (Phi) is 8.38. The molecule has 0 aliphatic carbocycles. The minimum absolute atomic E-state index is 0.0318. The molecule has 1 amide bonds. The molecule has 1 aromatic heterocycles. The number of thiazole rings is 1. The number of hydrogen-bond acceptors (Lipinski definition) is 6. The zero-order valence-electron chi connectivity index (χ0n) is 17.8. The second-order valence-electron chi connectivity index (χ2n) is 6.74. The van der Waals surface area contributed by atoms with Crippen molar-refractivity contribution in [3.8, 4) is 27.8 Å². The van der Waals surface area contributed by atoms with Crippen LogP contribution < -0.4 is 19.5 Å². The van der Waals surface area contributed by atoms with Crippen LogP contribution in [0.3, 0.4) is 0 Å². The predicted molar refractivity (Wildman–Crippen MR) is 119 cm³/mol. The summed E-state index contributed by atoms with van der Waals surface area (Å²) in [6, 6.07) is 12.5. The lowest BCUT2D eigenvalue weighted by molar-refractivity contribution is -0.120. The van der Waals surface area contributed by atoms with Crippen LogP contribution >= 0.6 is 11.3 Å². The van der Waals surface area contributed by atoms with Crippen LogP contribution in [0.4, 0.5) is 8.78 Å². The molecule has 170 valence electrons. The summed E-state index contributed by atoms with van der Waals surface area (Å²) in [6.07, 6.45) is 0.625. The predicted octanol–water partition coefficient (Wildman–Crippen LogP) is 4.72. The third-order valence-electron chi connectivity index (χ3n) is 4.49. The Morgan fingerprint density at radius 2 is 1.94 bits per heavy atom. The molecule has 1 N–H and O–H groups in total. The molecule has 0 aliphatic heterocycles. The Labute approximate surface area is 189 Å². The molecule has 1 heterocycles. The van der Waals surface area contributed by atoms with Crippen LogP contribution in [0.15, 0.2) is 47.8 Å². The van der Waals surface area contributed by atoms with E-state index >= 15 is 0 Å². The molecule has 0 aliphatic rings. The fourth-order valence-corrected chi connectivity index (χ4v) is 3.84. The normalized spacial score (nSPS) is 10.8. The van der Waals surface area contributed by atoms with Gasteiger partial charge in [-0.2, -0.15) is 8.78 Å². The van der Waals surface area contributed by atoms with Gasteiger partial charge in [0.15, 0.2) is 11.5 Å². The van der Waals surface area contributed by atoms with Gasteiger partial charge in [0, 0.05) is 17.5 Å². The van der Waals surface area contributed by atoms with Crippen molar-refractivity contribution in [3.63, 3.8) is 0 Å². The van der Waals surface area contributed by atoms with Gasteiger partial charge in [0.2, 0.25) is 5.91 Å². The standard InChI is InChI=1S/C23H24F2N2O4S/c1-3-30-18-7-5-16(6-8-18)22-27-17(14-32-22)13-21(28)26-11-10-15-4-9-19(29-2)20(12-15)31-23(24)25/h4-9,12,14,23H,3,10-11,13H2,1-2H3,(H,26,28). The lowest BCUT2D eigenvalue weighted by atomic mass is 10.1. The Bertz CT molecular complexity index is 1030. The molecule has 9 heteroatoms. The zero-order chi connectivity index (χ0) is 22.9. The van der Waals surface area contributed by atoms with E-state index in [1.54, 1.807) is 12.1 Å². The Morgan fingerprint density at radius 3 is 2.62 bits per heavy atom. The summed E-state index contributed by atoms with van der Waals surface area (Å²) >= 11 is 1.48. The molecule has 32 heavy (non-hydrogen) atoms. The lowest BCUT2D eigenvalue weighted by Gasteiger charge is -2.11. The monoisotopic (exact) mass is 462 g/mol. The topological polar surface area (TPSA) is 69.7 Å². The average molecular weight is 463 g/mol. The van der Waals surface area contributed by atoms with Crippen LogP contribution in [0.5, 0.6) is 17.2 Å². The first-order chi connectivity index (χ1) is 15.5. The summed E-state index contributed by atoms with van der Waals surface area (Å²) in [5, 5.41) is 5.53. The number of ether oxygens (including phenoxy) is 3. The minimum Gasteiger partial charge on any atom is -0.494 e. The first kappa shape index (κ1) is 23.5. The summed E-state index contributed by atoms with van der Waals surface area (Å²) in [7, 11) is 1.38. The highest BCUT2D eigenvalue weighted by atomic mass is 32.1. The minimum atomic E-state index is -2.94. The number of nitrogens with zero attached hydrogens (tertiary/aromatic N) is 1.